The van der Waals surface area contributed by atoms with Gasteiger partial charge in [-0.3, -0.25) is 4.79 Å². The van der Waals surface area contributed by atoms with Crippen molar-refractivity contribution in [1.82, 2.24) is 4.98 Å². The van der Waals surface area contributed by atoms with Gasteiger partial charge in [-0.15, -0.1) is 0 Å². The van der Waals surface area contributed by atoms with E-state index in [1.54, 1.807) is 0 Å². The second-order valence-corrected chi connectivity index (χ2v) is 4.66. The number of rotatable bonds is 3. The fourth-order valence-electron chi connectivity index (χ4n) is 2.24. The molecule has 1 aromatic rings. The Kier molecular flexibility index (Phi) is 4.19. The third kappa shape index (κ3) is 3.33. The molecule has 1 aliphatic rings. The third-order valence-corrected chi connectivity index (χ3v) is 3.35. The first-order valence-corrected chi connectivity index (χ1v) is 6.25. The zero-order valence-electron chi connectivity index (χ0n) is 10.8. The molecule has 2 rings (SSSR count). The van der Waals surface area contributed by atoms with Crippen LogP contribution in [-0.2, 0) is 9.53 Å². The number of nitrogen functional groups attached to an aromatic ring is 1. The maximum atomic E-state index is 13.2. The fraction of sp³-hybridized carbons (Fsp3) is 0.538. The summed E-state index contributed by atoms with van der Waals surface area (Å²) in [4.78, 5) is 15.3. The average Bonchev–Trinajstić information content (AvgIpc) is 2.43. The van der Waals surface area contributed by atoms with Crippen molar-refractivity contribution < 1.29 is 18.7 Å². The van der Waals surface area contributed by atoms with Crippen molar-refractivity contribution in [3.05, 3.63) is 18.1 Å². The Morgan fingerprint density at radius 3 is 2.68 bits per heavy atom. The number of hydrogen-bond acceptors (Lipinski definition) is 5. The lowest BCUT2D eigenvalue weighted by Crippen LogP contribution is -2.28. The van der Waals surface area contributed by atoms with Crippen LogP contribution < -0.4 is 10.5 Å². The monoisotopic (exact) mass is 268 g/mol. The van der Waals surface area contributed by atoms with E-state index in [1.165, 1.54) is 19.4 Å². The molecule has 0 spiro atoms. The van der Waals surface area contributed by atoms with E-state index >= 15 is 0 Å². The molecule has 1 aromatic heterocycles. The molecule has 0 radical (unpaired) electrons. The molecular formula is C13H17FN2O3. The minimum absolute atomic E-state index is 0.00162. The van der Waals surface area contributed by atoms with Gasteiger partial charge in [-0.25, -0.2) is 9.37 Å². The van der Waals surface area contributed by atoms with Crippen molar-refractivity contribution >= 4 is 11.7 Å². The van der Waals surface area contributed by atoms with E-state index in [9.17, 15) is 9.18 Å². The number of halogens is 1. The number of nitrogens with two attached hydrogens (primary N) is 1. The number of carbonyl (C=O) groups is 1. The maximum absolute atomic E-state index is 13.2. The van der Waals surface area contributed by atoms with Crippen LogP contribution in [0.5, 0.6) is 5.88 Å². The number of carbonyl (C=O) groups excluding carboxylic acids is 1. The summed E-state index contributed by atoms with van der Waals surface area (Å²) in [7, 11) is 1.39. The molecule has 104 valence electrons. The summed E-state index contributed by atoms with van der Waals surface area (Å²) in [5, 5.41) is 0. The summed E-state index contributed by atoms with van der Waals surface area (Å²) in [6.45, 7) is 0. The number of methoxy groups -OCH3 is 1. The predicted molar refractivity (Wildman–Crippen MR) is 67.0 cm³/mol. The zero-order valence-corrected chi connectivity index (χ0v) is 10.8. The molecule has 0 atom stereocenters. The fourth-order valence-corrected chi connectivity index (χ4v) is 2.24. The van der Waals surface area contributed by atoms with Crippen molar-refractivity contribution in [2.45, 2.75) is 31.8 Å². The van der Waals surface area contributed by atoms with Crippen LogP contribution in [0.15, 0.2) is 12.3 Å². The topological polar surface area (TPSA) is 74.4 Å². The van der Waals surface area contributed by atoms with Crippen molar-refractivity contribution in [1.29, 1.82) is 0 Å². The van der Waals surface area contributed by atoms with Gasteiger partial charge in [-0.2, -0.15) is 0 Å². The summed E-state index contributed by atoms with van der Waals surface area (Å²) >= 11 is 0. The standard InChI is InChI=1S/C13H17FN2O3/c1-18-13(17)8-2-4-9(5-3-8)19-12-6-10(14)11(15)7-16-12/h6-9H,2-5,15H2,1H3/t8-,9+. The predicted octanol–water partition coefficient (Wildman–Crippen LogP) is 1.91. The van der Waals surface area contributed by atoms with E-state index in [2.05, 4.69) is 4.98 Å². The molecule has 1 aliphatic carbocycles. The number of hydrogen-bond donors (Lipinski definition) is 1. The molecule has 19 heavy (non-hydrogen) atoms. The van der Waals surface area contributed by atoms with E-state index in [-0.39, 0.29) is 29.6 Å². The number of nitrogens with zero attached hydrogens (tertiary/aromatic N) is 1. The summed E-state index contributed by atoms with van der Waals surface area (Å²) in [5.74, 6) is -0.530. The summed E-state index contributed by atoms with van der Waals surface area (Å²) in [6.07, 6.45) is 4.09. The SMILES string of the molecule is COC(=O)[C@H]1CC[C@@H](Oc2cc(F)c(N)cn2)CC1. The molecule has 0 amide bonds. The molecule has 6 heteroatoms. The Morgan fingerprint density at radius 1 is 1.42 bits per heavy atom. The highest BCUT2D eigenvalue weighted by Gasteiger charge is 2.28. The normalized spacial score (nSPS) is 22.8. The van der Waals surface area contributed by atoms with Crippen LogP contribution in [0.1, 0.15) is 25.7 Å². The minimum Gasteiger partial charge on any atom is -0.474 e. The van der Waals surface area contributed by atoms with Gasteiger partial charge < -0.3 is 15.2 Å². The first-order valence-electron chi connectivity index (χ1n) is 6.25. The molecule has 1 saturated carbocycles. The Bertz CT molecular complexity index is 459. The summed E-state index contributed by atoms with van der Waals surface area (Å²) in [6, 6.07) is 1.18. The first-order chi connectivity index (χ1) is 9.10. The van der Waals surface area contributed by atoms with Gasteiger partial charge >= 0.3 is 5.97 Å². The van der Waals surface area contributed by atoms with Crippen molar-refractivity contribution in [2.24, 2.45) is 5.92 Å². The van der Waals surface area contributed by atoms with Crippen molar-refractivity contribution in [3.63, 3.8) is 0 Å². The molecule has 0 bridgehead atoms. The molecule has 1 heterocycles. The number of ether oxygens (including phenoxy) is 2. The van der Waals surface area contributed by atoms with E-state index < -0.39 is 5.82 Å². The van der Waals surface area contributed by atoms with Crippen LogP contribution in [-0.4, -0.2) is 24.2 Å². The van der Waals surface area contributed by atoms with Crippen molar-refractivity contribution in [2.75, 3.05) is 12.8 Å². The van der Waals surface area contributed by atoms with Gasteiger partial charge in [0.1, 0.15) is 6.10 Å². The maximum Gasteiger partial charge on any atom is 0.308 e. The highest BCUT2D eigenvalue weighted by Crippen LogP contribution is 2.28. The van der Waals surface area contributed by atoms with E-state index in [0.29, 0.717) is 0 Å². The molecule has 1 fully saturated rings. The van der Waals surface area contributed by atoms with Crippen LogP contribution in [0.25, 0.3) is 0 Å². The molecular weight excluding hydrogens is 251 g/mol. The van der Waals surface area contributed by atoms with Crippen LogP contribution in [0.4, 0.5) is 10.1 Å². The van der Waals surface area contributed by atoms with E-state index in [4.69, 9.17) is 15.2 Å². The summed E-state index contributed by atoms with van der Waals surface area (Å²) in [5.41, 5.74) is 5.35. The van der Waals surface area contributed by atoms with Crippen LogP contribution in [0.3, 0.4) is 0 Å². The van der Waals surface area contributed by atoms with Gasteiger partial charge in [-0.1, -0.05) is 0 Å². The highest BCUT2D eigenvalue weighted by atomic mass is 19.1. The van der Waals surface area contributed by atoms with Crippen LogP contribution >= 0.6 is 0 Å². The Balaban J connectivity index is 1.88. The lowest BCUT2D eigenvalue weighted by molar-refractivity contribution is -0.147. The lowest BCUT2D eigenvalue weighted by atomic mass is 9.87. The molecule has 5 nitrogen and oxygen atoms in total. The Hall–Kier alpha value is -1.85. The van der Waals surface area contributed by atoms with Crippen LogP contribution in [0.2, 0.25) is 0 Å². The zero-order chi connectivity index (χ0) is 13.8. The molecule has 2 N–H and O–H groups in total. The highest BCUT2D eigenvalue weighted by molar-refractivity contribution is 5.72. The number of esters is 1. The van der Waals surface area contributed by atoms with Gasteiger partial charge in [0.25, 0.3) is 0 Å². The largest absolute Gasteiger partial charge is 0.474 e. The Morgan fingerprint density at radius 2 is 2.11 bits per heavy atom. The number of aromatic nitrogens is 1. The molecule has 0 aliphatic heterocycles. The van der Waals surface area contributed by atoms with Gasteiger partial charge in [-0.05, 0) is 25.7 Å². The summed E-state index contributed by atoms with van der Waals surface area (Å²) < 4.78 is 23.6. The number of anilines is 1. The second kappa shape index (κ2) is 5.86. The average molecular weight is 268 g/mol. The molecule has 0 aromatic carbocycles. The van der Waals surface area contributed by atoms with Gasteiger partial charge in [0.2, 0.25) is 5.88 Å². The first kappa shape index (κ1) is 13.6. The smallest absolute Gasteiger partial charge is 0.308 e. The van der Waals surface area contributed by atoms with E-state index in [0.717, 1.165) is 25.7 Å². The minimum atomic E-state index is -0.534. The van der Waals surface area contributed by atoms with Crippen molar-refractivity contribution in [3.8, 4) is 5.88 Å². The number of pyridine rings is 1. The Labute approximate surface area is 110 Å². The second-order valence-electron chi connectivity index (χ2n) is 4.66. The molecule has 0 unspecified atom stereocenters. The van der Waals surface area contributed by atoms with E-state index in [1.807, 2.05) is 0 Å². The molecule has 0 saturated heterocycles. The lowest BCUT2D eigenvalue weighted by Gasteiger charge is -2.27. The quantitative estimate of drug-likeness (QED) is 0.848. The van der Waals surface area contributed by atoms with Gasteiger partial charge in [0.15, 0.2) is 5.82 Å². The van der Waals surface area contributed by atoms with Gasteiger partial charge in [0, 0.05) is 6.07 Å². The van der Waals surface area contributed by atoms with Gasteiger partial charge in [0.05, 0.1) is 24.9 Å². The van der Waals surface area contributed by atoms with Crippen LogP contribution in [0, 0.1) is 11.7 Å². The third-order valence-electron chi connectivity index (χ3n) is 3.35.